The summed E-state index contributed by atoms with van der Waals surface area (Å²) in [7, 11) is 0. The average Bonchev–Trinajstić information content (AvgIpc) is 2.24. The Hall–Kier alpha value is -2.25. The molecule has 0 heterocycles. The van der Waals surface area contributed by atoms with Crippen molar-refractivity contribution in [3.63, 3.8) is 0 Å². The molecule has 1 rings (SSSR count). The van der Waals surface area contributed by atoms with E-state index in [2.05, 4.69) is 4.84 Å². The standard InChI is InChI=1S/C9H6F3NO4/c10-9(11,12)8(16)17-13-7(15)5-3-1-2-4-6(5)14/h1-4,14H,(H,13,15). The molecule has 0 aliphatic carbocycles. The SMILES string of the molecule is O=C(NOC(=O)C(F)(F)F)c1ccccc1O. The van der Waals surface area contributed by atoms with Crippen LogP contribution in [0.5, 0.6) is 5.75 Å². The number of alkyl halides is 3. The fourth-order valence-electron chi connectivity index (χ4n) is 0.871. The minimum Gasteiger partial charge on any atom is -0.507 e. The third-order valence-corrected chi connectivity index (χ3v) is 1.62. The van der Waals surface area contributed by atoms with Gasteiger partial charge in [0, 0.05) is 0 Å². The number of rotatable bonds is 1. The zero-order valence-corrected chi connectivity index (χ0v) is 8.12. The predicted molar refractivity (Wildman–Crippen MR) is 47.7 cm³/mol. The van der Waals surface area contributed by atoms with Gasteiger partial charge < -0.3 is 9.94 Å². The number of halogens is 3. The molecule has 1 amide bonds. The minimum atomic E-state index is -5.20. The first-order valence-electron chi connectivity index (χ1n) is 4.18. The van der Waals surface area contributed by atoms with Crippen LogP contribution < -0.4 is 5.48 Å². The smallest absolute Gasteiger partial charge is 0.493 e. The lowest BCUT2D eigenvalue weighted by Crippen LogP contribution is -2.34. The van der Waals surface area contributed by atoms with Crippen molar-refractivity contribution in [2.45, 2.75) is 6.18 Å². The highest BCUT2D eigenvalue weighted by atomic mass is 19.4. The summed E-state index contributed by atoms with van der Waals surface area (Å²) in [6, 6.07) is 5.08. The molecule has 1 aromatic rings. The van der Waals surface area contributed by atoms with Crippen LogP contribution in [0, 0.1) is 0 Å². The third kappa shape index (κ3) is 3.37. The summed E-state index contributed by atoms with van der Waals surface area (Å²) in [4.78, 5) is 24.9. The van der Waals surface area contributed by atoms with Crippen LogP contribution in [0.25, 0.3) is 0 Å². The van der Waals surface area contributed by atoms with Crippen molar-refractivity contribution in [3.05, 3.63) is 29.8 Å². The van der Waals surface area contributed by atoms with E-state index < -0.39 is 23.8 Å². The van der Waals surface area contributed by atoms with Crippen LogP contribution in [0.1, 0.15) is 10.4 Å². The van der Waals surface area contributed by atoms with Crippen LogP contribution >= 0.6 is 0 Å². The van der Waals surface area contributed by atoms with Gasteiger partial charge in [-0.2, -0.15) is 18.7 Å². The van der Waals surface area contributed by atoms with Crippen LogP contribution in [0.3, 0.4) is 0 Å². The maximum atomic E-state index is 11.7. The van der Waals surface area contributed by atoms with Crippen LogP contribution in [0.2, 0.25) is 0 Å². The van der Waals surface area contributed by atoms with Crippen LogP contribution in [0.15, 0.2) is 24.3 Å². The van der Waals surface area contributed by atoms with Gasteiger partial charge in [0.2, 0.25) is 0 Å². The summed E-state index contributed by atoms with van der Waals surface area (Å²) in [5.41, 5.74) is 0.960. The molecule has 0 radical (unpaired) electrons. The second kappa shape index (κ2) is 4.73. The van der Waals surface area contributed by atoms with Gasteiger partial charge in [-0.25, -0.2) is 4.79 Å². The summed E-state index contributed by atoms with van der Waals surface area (Å²) >= 11 is 0. The number of nitrogens with one attached hydrogen (secondary N) is 1. The monoisotopic (exact) mass is 249 g/mol. The number of amides is 1. The molecule has 0 aliphatic rings. The van der Waals surface area contributed by atoms with E-state index in [-0.39, 0.29) is 5.56 Å². The summed E-state index contributed by atoms with van der Waals surface area (Å²) in [6.45, 7) is 0. The highest BCUT2D eigenvalue weighted by Gasteiger charge is 2.42. The van der Waals surface area contributed by atoms with Crippen molar-refractivity contribution in [2.24, 2.45) is 0 Å². The first-order valence-corrected chi connectivity index (χ1v) is 4.18. The number of benzene rings is 1. The number of aromatic hydroxyl groups is 1. The summed E-state index contributed by atoms with van der Waals surface area (Å²) < 4.78 is 35.1. The third-order valence-electron chi connectivity index (χ3n) is 1.62. The molecule has 8 heteroatoms. The van der Waals surface area contributed by atoms with E-state index in [9.17, 15) is 27.9 Å². The lowest BCUT2D eigenvalue weighted by Gasteiger charge is -2.08. The van der Waals surface area contributed by atoms with Crippen LogP contribution in [-0.4, -0.2) is 23.2 Å². The molecular weight excluding hydrogens is 243 g/mol. The topological polar surface area (TPSA) is 75.6 Å². The van der Waals surface area contributed by atoms with E-state index in [4.69, 9.17) is 0 Å². The van der Waals surface area contributed by atoms with Gasteiger partial charge in [-0.1, -0.05) is 12.1 Å². The maximum absolute atomic E-state index is 11.7. The fourth-order valence-corrected chi connectivity index (χ4v) is 0.871. The summed E-state index contributed by atoms with van der Waals surface area (Å²) in [6.07, 6.45) is -5.20. The number of hydrogen-bond acceptors (Lipinski definition) is 4. The van der Waals surface area contributed by atoms with Gasteiger partial charge in [-0.3, -0.25) is 4.79 Å². The number of para-hydroxylation sites is 1. The molecule has 0 aliphatic heterocycles. The molecule has 0 saturated heterocycles. The molecule has 2 N–H and O–H groups in total. The van der Waals surface area contributed by atoms with Gasteiger partial charge in [0.1, 0.15) is 5.75 Å². The molecule has 0 atom stereocenters. The molecule has 0 aromatic heterocycles. The Morgan fingerprint density at radius 3 is 2.35 bits per heavy atom. The maximum Gasteiger partial charge on any atom is 0.493 e. The molecule has 0 saturated carbocycles. The molecule has 0 spiro atoms. The number of phenolic OH excluding ortho intramolecular Hbond substituents is 1. The number of phenols is 1. The fraction of sp³-hybridized carbons (Fsp3) is 0.111. The molecule has 92 valence electrons. The van der Waals surface area contributed by atoms with Crippen molar-refractivity contribution in [1.29, 1.82) is 0 Å². The largest absolute Gasteiger partial charge is 0.507 e. The van der Waals surface area contributed by atoms with Gasteiger partial charge >= 0.3 is 12.1 Å². The van der Waals surface area contributed by atoms with Gasteiger partial charge in [0.15, 0.2) is 0 Å². The minimum absolute atomic E-state index is 0.317. The number of hydroxylamine groups is 1. The van der Waals surface area contributed by atoms with E-state index >= 15 is 0 Å². The quantitative estimate of drug-likeness (QED) is 0.732. The van der Waals surface area contributed by atoms with Crippen molar-refractivity contribution < 1.29 is 32.7 Å². The highest BCUT2D eigenvalue weighted by Crippen LogP contribution is 2.17. The predicted octanol–water partition coefficient (Wildman–Crippen LogP) is 1.14. The van der Waals surface area contributed by atoms with Crippen molar-refractivity contribution in [2.75, 3.05) is 0 Å². The van der Waals surface area contributed by atoms with Crippen LogP contribution in [-0.2, 0) is 9.63 Å². The molecule has 1 aromatic carbocycles. The van der Waals surface area contributed by atoms with E-state index in [0.29, 0.717) is 0 Å². The number of carbonyl (C=O) groups is 2. The van der Waals surface area contributed by atoms with Gasteiger partial charge in [-0.05, 0) is 12.1 Å². The molecule has 0 unspecified atom stereocenters. The van der Waals surface area contributed by atoms with E-state index in [0.717, 1.165) is 12.1 Å². The van der Waals surface area contributed by atoms with E-state index in [1.54, 1.807) is 0 Å². The first kappa shape index (κ1) is 12.8. The van der Waals surface area contributed by atoms with Gasteiger partial charge in [0.05, 0.1) is 5.56 Å². The Morgan fingerprint density at radius 1 is 1.24 bits per heavy atom. The lowest BCUT2D eigenvalue weighted by atomic mass is 10.2. The molecule has 0 fully saturated rings. The highest BCUT2D eigenvalue weighted by molar-refractivity contribution is 5.96. The van der Waals surface area contributed by atoms with Crippen molar-refractivity contribution >= 4 is 11.9 Å². The Morgan fingerprint density at radius 2 is 1.82 bits per heavy atom. The average molecular weight is 249 g/mol. The molecule has 17 heavy (non-hydrogen) atoms. The van der Waals surface area contributed by atoms with E-state index in [1.807, 2.05) is 0 Å². The zero-order valence-electron chi connectivity index (χ0n) is 8.12. The molecular formula is C9H6F3NO4. The second-order valence-corrected chi connectivity index (χ2v) is 2.84. The normalized spacial score (nSPS) is 10.8. The Labute approximate surface area is 92.8 Å². The van der Waals surface area contributed by atoms with Gasteiger partial charge in [0.25, 0.3) is 5.91 Å². The second-order valence-electron chi connectivity index (χ2n) is 2.84. The number of hydrogen-bond donors (Lipinski definition) is 2. The molecule has 0 bridgehead atoms. The van der Waals surface area contributed by atoms with E-state index in [1.165, 1.54) is 17.6 Å². The lowest BCUT2D eigenvalue weighted by molar-refractivity contribution is -0.204. The Balaban J connectivity index is 2.63. The summed E-state index contributed by atoms with van der Waals surface area (Å²) in [5, 5.41) is 9.18. The number of carbonyl (C=O) groups excluding carboxylic acids is 2. The van der Waals surface area contributed by atoms with Crippen molar-refractivity contribution in [1.82, 2.24) is 5.48 Å². The van der Waals surface area contributed by atoms with Crippen LogP contribution in [0.4, 0.5) is 13.2 Å². The van der Waals surface area contributed by atoms with Crippen molar-refractivity contribution in [3.8, 4) is 5.75 Å². The Kier molecular flexibility index (Phi) is 3.56. The summed E-state index contributed by atoms with van der Waals surface area (Å²) in [5.74, 6) is -4.17. The molecule has 5 nitrogen and oxygen atoms in total. The Bertz CT molecular complexity index is 444. The van der Waals surface area contributed by atoms with Gasteiger partial charge in [-0.15, -0.1) is 0 Å². The first-order chi connectivity index (χ1) is 7.82. The zero-order chi connectivity index (χ0) is 13.1.